The number of para-hydroxylation sites is 16. The third-order valence-corrected chi connectivity index (χ3v) is 22.7. The van der Waals surface area contributed by atoms with Crippen molar-refractivity contribution in [1.82, 2.24) is 39.9 Å². The van der Waals surface area contributed by atoms with Crippen LogP contribution in [0.5, 0.6) is 0 Å². The van der Waals surface area contributed by atoms with E-state index in [2.05, 4.69) is 108 Å². The van der Waals surface area contributed by atoms with Crippen LogP contribution in [0.2, 0.25) is 0 Å². The molecule has 0 bridgehead atoms. The number of rotatable bonds is 20. The van der Waals surface area contributed by atoms with Crippen LogP contribution in [0.15, 0.2) is 273 Å². The molecule has 3 amide bonds. The molecule has 0 unspecified atom stereocenters. The van der Waals surface area contributed by atoms with Crippen molar-refractivity contribution in [2.75, 3.05) is 43.6 Å². The Hall–Kier alpha value is -15.8. The van der Waals surface area contributed by atoms with Crippen LogP contribution in [-0.4, -0.2) is 104 Å². The van der Waals surface area contributed by atoms with Gasteiger partial charge in [0.2, 0.25) is 87.6 Å². The van der Waals surface area contributed by atoms with E-state index in [4.69, 9.17) is 20.7 Å². The Kier molecular flexibility index (Phi) is 29.3. The predicted molar refractivity (Wildman–Crippen MR) is 527 cm³/mol. The molecule has 6 aromatic heterocycles. The van der Waals surface area contributed by atoms with Gasteiger partial charge in [0.05, 0.1) is 79.7 Å². The maximum Gasteiger partial charge on any atom is 0.239 e. The monoisotopic (exact) mass is 1810 g/mol. The number of nitrogens with two attached hydrogens (primary N) is 1. The third-order valence-electron chi connectivity index (χ3n) is 21.5. The second-order valence-electron chi connectivity index (χ2n) is 31.8. The van der Waals surface area contributed by atoms with Gasteiger partial charge in [0.25, 0.3) is 0 Å². The number of fused-ring (bicyclic) bond motifs is 12. The predicted octanol–water partition coefficient (Wildman–Crippen LogP) is 17.2. The van der Waals surface area contributed by atoms with Crippen molar-refractivity contribution in [3.05, 3.63) is 284 Å². The number of ketones is 3. The largest absolute Gasteiger partial charge is 0.397 e. The number of anilines is 6. The first-order valence-electron chi connectivity index (χ1n) is 43.3. The minimum absolute atomic E-state index is 0.000826. The average Bonchev–Trinajstić information content (AvgIpc) is 0.762. The van der Waals surface area contributed by atoms with E-state index in [0.29, 0.717) is 56.2 Å². The van der Waals surface area contributed by atoms with Gasteiger partial charge in [0, 0.05) is 99.2 Å². The number of benzene rings is 13. The fourth-order valence-electron chi connectivity index (χ4n) is 15.5. The second-order valence-corrected chi connectivity index (χ2v) is 35.3. The summed E-state index contributed by atoms with van der Waals surface area (Å²) in [5, 5.41) is 8.75. The molecular weight excluding hydrogens is 1710 g/mol. The van der Waals surface area contributed by atoms with Crippen molar-refractivity contribution in [3.63, 3.8) is 0 Å². The Bertz CT molecular complexity index is 8010. The summed E-state index contributed by atoms with van der Waals surface area (Å²) in [6, 6.07) is 87.2. The smallest absolute Gasteiger partial charge is 0.239 e. The molecule has 0 spiro atoms. The van der Waals surface area contributed by atoms with Crippen molar-refractivity contribution >= 4 is 222 Å². The highest BCUT2D eigenvalue weighted by Gasteiger charge is 2.26. The Labute approximate surface area is 767 Å². The van der Waals surface area contributed by atoms with E-state index in [0.717, 1.165) is 154 Å². The van der Waals surface area contributed by atoms with Crippen molar-refractivity contribution in [3.8, 4) is 5.69 Å². The van der Waals surface area contributed by atoms with Crippen molar-refractivity contribution in [2.24, 2.45) is 0 Å². The van der Waals surface area contributed by atoms with Gasteiger partial charge in [0.1, 0.15) is 70.1 Å². The lowest BCUT2D eigenvalue weighted by Crippen LogP contribution is -2.35. The van der Waals surface area contributed by atoms with Gasteiger partial charge in [-0.1, -0.05) is 115 Å². The molecule has 670 valence electrons. The average molecular weight is 1810 g/mol. The van der Waals surface area contributed by atoms with Crippen molar-refractivity contribution in [2.45, 2.75) is 114 Å². The number of sulfonamides is 2. The van der Waals surface area contributed by atoms with Crippen LogP contribution in [-0.2, 0) is 68.4 Å². The lowest BCUT2D eigenvalue weighted by atomic mass is 10.1. The standard InChI is InChI=1S/C23H19N3O2.C21H23N3O2.C19H19N3O2.C15H15N3O2S.C13H11N3O2S.C12H9N3/c1-16(27)14-15-22(28)24-19-11-7-13-21-23(19)25-18-10-5-6-12-20(18)26(21)17-8-3-2-4-9-17;1-5-24-18-11-13(2)6-8-16(18)23-21-17(10-14(3)12-19(21)24)22-20(26)9-7-15(4)25;1-3-22-16-9-5-4-7-14(16)21-19-15(8-6-10-17(19)22)20-18(24)12-11-13(2)23;1-3-18-13-9-5-4-7-11(13)16-15-12(17-21(2,19)20)8-6-10-14(15)18;1-19(17,18)16-12-8-4-7-11-13(12)15-10-6-3-2-5-9(10)14-11;13-8-4-3-7-11-12(8)15-10-6-2-1-5-9(10)14-11/h2-13H,14-15H2,1H3;6,8,10-12H,5,7,9H2,1-4H3;4-10H,3,11-12H2,1-2H3;4-10H,3H2,1-2H3;2-8,16H,1H3;1-7H,13H2/p+4. The Morgan fingerprint density at radius 3 is 1.08 bits per heavy atom. The number of Topliss-reactive ketones (excluding diaryl/α,β-unsaturated/α-hetero) is 3. The van der Waals surface area contributed by atoms with E-state index < -0.39 is 20.0 Å². The van der Waals surface area contributed by atoms with Crippen molar-refractivity contribution < 1.29 is 63.9 Å². The summed E-state index contributed by atoms with van der Waals surface area (Å²) in [6.45, 7) is 17.2. The number of amides is 3. The van der Waals surface area contributed by atoms with Gasteiger partial charge in [-0.25, -0.2) is 56.7 Å². The summed E-state index contributed by atoms with van der Waals surface area (Å²) in [5.41, 5.74) is 33.1. The second kappa shape index (κ2) is 41.7. The third kappa shape index (κ3) is 22.9. The molecule has 0 radical (unpaired) electrons. The summed E-state index contributed by atoms with van der Waals surface area (Å²) in [4.78, 5) is 107. The molecular formula is C103H100N18O10S2+4. The molecule has 0 saturated carbocycles. The topological polar surface area (TPSA) is 376 Å². The van der Waals surface area contributed by atoms with Gasteiger partial charge in [-0.05, 0) is 164 Å². The van der Waals surface area contributed by atoms with Gasteiger partial charge in [-0.15, -0.1) is 4.57 Å². The number of aromatic nitrogens is 12. The highest BCUT2D eigenvalue weighted by atomic mass is 32.2. The zero-order valence-corrected chi connectivity index (χ0v) is 76.8. The quantitative estimate of drug-likeness (QED) is 0.0234. The van der Waals surface area contributed by atoms with Gasteiger partial charge in [-0.2, -0.15) is 13.7 Å². The summed E-state index contributed by atoms with van der Waals surface area (Å²) < 4.78 is 59.4. The number of nitrogens with one attached hydrogen (secondary N) is 5. The fourth-order valence-corrected chi connectivity index (χ4v) is 16.6. The minimum Gasteiger partial charge on any atom is -0.397 e. The molecule has 133 heavy (non-hydrogen) atoms. The van der Waals surface area contributed by atoms with Gasteiger partial charge in [0.15, 0.2) is 22.1 Å². The molecule has 19 rings (SSSR count). The zero-order chi connectivity index (χ0) is 94.2. The molecule has 0 atom stereocenters. The van der Waals surface area contributed by atoms with E-state index in [9.17, 15) is 45.6 Å². The molecule has 0 aliphatic carbocycles. The summed E-state index contributed by atoms with van der Waals surface area (Å²) in [7, 11) is -6.68. The SMILES string of the molecule is CC(=O)CCC(=O)Nc1cccc2c1nc1ccccc1[n+]2-c1ccccc1.CC[n+]1c2cc(C)ccc2nc2c(NC(=O)CCC(C)=O)cc(C)cc21.CC[n+]1c2ccccc2nc2c(NC(=O)CCC(C)=O)cccc21.CC[n+]1c2ccccc2nc2c(NS(C)(=O)=O)cccc21.CS(=O)(=O)Nc1cccc2nc3ccccc3nc12.Nc1cccc2nc3ccccc3nc12. The Morgan fingerprint density at radius 1 is 0.286 bits per heavy atom. The molecule has 28 nitrogen and oxygen atoms in total. The minimum atomic E-state index is -3.34. The van der Waals surface area contributed by atoms with E-state index in [1.54, 1.807) is 18.2 Å². The number of carbonyl (C=O) groups excluding carboxylic acids is 6. The molecule has 30 heteroatoms. The van der Waals surface area contributed by atoms with Crippen LogP contribution in [0, 0.1) is 13.8 Å². The van der Waals surface area contributed by atoms with E-state index in [1.807, 2.05) is 250 Å². The molecule has 0 saturated heterocycles. The molecule has 7 N–H and O–H groups in total. The number of hydrogen-bond donors (Lipinski definition) is 6. The number of hydrogen-bond acceptors (Lipinski definition) is 19. The van der Waals surface area contributed by atoms with Gasteiger partial charge >= 0.3 is 0 Å². The Balaban J connectivity index is 0.000000129. The van der Waals surface area contributed by atoms with Gasteiger partial charge < -0.3 is 36.1 Å². The molecule has 19 aromatic rings. The van der Waals surface area contributed by atoms with E-state index in [1.165, 1.54) is 26.3 Å². The number of nitrogen functional groups attached to an aromatic ring is 1. The number of aryl methyl sites for hydroxylation is 5. The van der Waals surface area contributed by atoms with Crippen LogP contribution in [0.3, 0.4) is 0 Å². The first-order chi connectivity index (χ1) is 64.0. The van der Waals surface area contributed by atoms with Crippen LogP contribution in [0.1, 0.15) is 91.2 Å². The van der Waals surface area contributed by atoms with Crippen molar-refractivity contribution in [1.29, 1.82) is 0 Å². The van der Waals surface area contributed by atoms with E-state index in [-0.39, 0.29) is 73.6 Å². The molecule has 0 aliphatic heterocycles. The first-order valence-corrected chi connectivity index (χ1v) is 47.1. The number of carbonyl (C=O) groups is 6. The van der Waals surface area contributed by atoms with Crippen LogP contribution < -0.4 is 49.4 Å². The Morgan fingerprint density at radius 2 is 0.609 bits per heavy atom. The molecule has 13 aromatic carbocycles. The van der Waals surface area contributed by atoms with Crippen LogP contribution in [0.4, 0.5) is 34.1 Å². The van der Waals surface area contributed by atoms with E-state index >= 15 is 0 Å². The number of nitrogens with zero attached hydrogens (tertiary/aromatic N) is 12. The fraction of sp³-hybridized carbons (Fsp3) is 0.184. The normalized spacial score (nSPS) is 11.2. The summed E-state index contributed by atoms with van der Waals surface area (Å²) in [5.74, 6) is -0.506. The highest BCUT2D eigenvalue weighted by Crippen LogP contribution is 2.31. The molecule has 0 aliphatic rings. The lowest BCUT2D eigenvalue weighted by Gasteiger charge is -2.11. The van der Waals surface area contributed by atoms with Gasteiger partial charge in [-0.3, -0.25) is 23.8 Å². The van der Waals surface area contributed by atoms with Crippen LogP contribution in [0.25, 0.3) is 138 Å². The van der Waals surface area contributed by atoms with Crippen LogP contribution >= 0.6 is 0 Å². The summed E-state index contributed by atoms with van der Waals surface area (Å²) >= 11 is 0. The first kappa shape index (κ1) is 93.3. The molecule has 6 heterocycles. The maximum atomic E-state index is 12.3. The lowest BCUT2D eigenvalue weighted by molar-refractivity contribution is -0.642. The maximum absolute atomic E-state index is 12.3. The zero-order valence-electron chi connectivity index (χ0n) is 75.2. The summed E-state index contributed by atoms with van der Waals surface area (Å²) in [6.07, 6.45) is 3.52. The molecule has 0 fully saturated rings. The highest BCUT2D eigenvalue weighted by molar-refractivity contribution is 7.92.